The summed E-state index contributed by atoms with van der Waals surface area (Å²) in [5, 5.41) is 6.89. The lowest BCUT2D eigenvalue weighted by Crippen LogP contribution is -2.23. The number of unbranched alkanes of at least 4 members (excludes halogenated alkanes) is 1. The Bertz CT molecular complexity index is 198. The van der Waals surface area contributed by atoms with Crippen LogP contribution in [0.1, 0.15) is 26.7 Å². The first-order valence-electron chi connectivity index (χ1n) is 4.33. The minimum absolute atomic E-state index is 0.644. The monoisotopic (exact) mass is 168 g/mol. The Balaban J connectivity index is 2.45. The van der Waals surface area contributed by atoms with Gasteiger partial charge in [-0.05, 0) is 13.3 Å². The summed E-state index contributed by atoms with van der Waals surface area (Å²) in [6.45, 7) is 6.13. The van der Waals surface area contributed by atoms with E-state index in [1.165, 1.54) is 6.42 Å². The Hall–Kier alpha value is -1.06. The van der Waals surface area contributed by atoms with Crippen LogP contribution in [0.4, 0.5) is 5.88 Å². The van der Waals surface area contributed by atoms with Crippen LogP contribution in [0.5, 0.6) is 0 Å². The van der Waals surface area contributed by atoms with Crippen molar-refractivity contribution >= 4 is 5.88 Å². The van der Waals surface area contributed by atoms with E-state index in [2.05, 4.69) is 35.3 Å². The molecule has 4 nitrogen and oxygen atoms in total. The van der Waals surface area contributed by atoms with Crippen molar-refractivity contribution in [2.45, 2.75) is 26.7 Å². The molecule has 0 saturated carbocycles. The zero-order valence-electron chi connectivity index (χ0n) is 7.58. The average molecular weight is 168 g/mol. The molecule has 0 atom stereocenters. The van der Waals surface area contributed by atoms with Gasteiger partial charge in [-0.15, -0.1) is 5.10 Å². The first-order valence-corrected chi connectivity index (χ1v) is 4.33. The zero-order valence-corrected chi connectivity index (χ0v) is 7.58. The fourth-order valence-electron chi connectivity index (χ4n) is 1.02. The molecule has 0 aliphatic heterocycles. The minimum atomic E-state index is 0.644. The van der Waals surface area contributed by atoms with Gasteiger partial charge in [-0.2, -0.15) is 0 Å². The second kappa shape index (κ2) is 4.74. The highest BCUT2D eigenvalue weighted by molar-refractivity contribution is 5.28. The third kappa shape index (κ3) is 2.22. The lowest BCUT2D eigenvalue weighted by Gasteiger charge is -2.17. The summed E-state index contributed by atoms with van der Waals surface area (Å²) in [4.78, 5) is 2.07. The van der Waals surface area contributed by atoms with Gasteiger partial charge in [0.25, 0.3) is 5.88 Å². The van der Waals surface area contributed by atoms with Crippen LogP contribution in [0.2, 0.25) is 0 Å². The largest absolute Gasteiger partial charge is 0.339 e. The third-order valence-electron chi connectivity index (χ3n) is 1.76. The molecule has 0 aliphatic carbocycles. The molecular weight excluding hydrogens is 154 g/mol. The molecule has 0 spiro atoms. The predicted octanol–water partition coefficient (Wildman–Crippen LogP) is 1.50. The van der Waals surface area contributed by atoms with Crippen LogP contribution in [-0.2, 0) is 0 Å². The molecule has 1 radical (unpaired) electrons. The third-order valence-corrected chi connectivity index (χ3v) is 1.76. The molecule has 0 unspecified atom stereocenters. The molecule has 0 amide bonds. The van der Waals surface area contributed by atoms with E-state index in [0.29, 0.717) is 5.88 Å². The van der Waals surface area contributed by atoms with Crippen LogP contribution in [0.3, 0.4) is 0 Å². The maximum atomic E-state index is 4.89. The number of hydrogen-bond donors (Lipinski definition) is 0. The first kappa shape index (κ1) is 9.03. The average Bonchev–Trinajstić information content (AvgIpc) is 2.59. The number of aromatic nitrogens is 2. The van der Waals surface area contributed by atoms with Gasteiger partial charge < -0.3 is 9.42 Å². The lowest BCUT2D eigenvalue weighted by molar-refractivity contribution is 0.390. The van der Waals surface area contributed by atoms with Crippen LogP contribution in [0, 0.1) is 6.20 Å². The van der Waals surface area contributed by atoms with Crippen LogP contribution in [0.15, 0.2) is 4.52 Å². The van der Waals surface area contributed by atoms with E-state index in [9.17, 15) is 0 Å². The van der Waals surface area contributed by atoms with Crippen LogP contribution >= 0.6 is 0 Å². The Morgan fingerprint density at radius 2 is 2.33 bits per heavy atom. The molecule has 0 bridgehead atoms. The summed E-state index contributed by atoms with van der Waals surface area (Å²) in [5.74, 6) is 0.644. The fourth-order valence-corrected chi connectivity index (χ4v) is 1.02. The molecule has 1 rings (SSSR count). The molecule has 67 valence electrons. The van der Waals surface area contributed by atoms with Gasteiger partial charge in [-0.3, -0.25) is 0 Å². The van der Waals surface area contributed by atoms with Crippen molar-refractivity contribution in [3.63, 3.8) is 0 Å². The highest BCUT2D eigenvalue weighted by atomic mass is 16.5. The Morgan fingerprint density at radius 3 is 2.83 bits per heavy atom. The van der Waals surface area contributed by atoms with Gasteiger partial charge >= 0.3 is 0 Å². The van der Waals surface area contributed by atoms with E-state index >= 15 is 0 Å². The van der Waals surface area contributed by atoms with Crippen molar-refractivity contribution < 1.29 is 4.52 Å². The van der Waals surface area contributed by atoms with E-state index < -0.39 is 0 Å². The van der Waals surface area contributed by atoms with E-state index in [1.807, 2.05) is 0 Å². The van der Waals surface area contributed by atoms with E-state index in [1.54, 1.807) is 0 Å². The summed E-state index contributed by atoms with van der Waals surface area (Å²) in [5.41, 5.74) is 0. The van der Waals surface area contributed by atoms with E-state index in [-0.39, 0.29) is 0 Å². The topological polar surface area (TPSA) is 42.2 Å². The van der Waals surface area contributed by atoms with Crippen molar-refractivity contribution in [1.82, 2.24) is 10.4 Å². The molecule has 1 aromatic rings. The smallest absolute Gasteiger partial charge is 0.258 e. The van der Waals surface area contributed by atoms with Crippen LogP contribution < -0.4 is 4.90 Å². The maximum absolute atomic E-state index is 4.89. The van der Waals surface area contributed by atoms with Crippen LogP contribution in [0.25, 0.3) is 0 Å². The van der Waals surface area contributed by atoms with Gasteiger partial charge in [0, 0.05) is 18.4 Å². The molecular formula is C8H14N3O. The number of anilines is 1. The number of rotatable bonds is 5. The van der Waals surface area contributed by atoms with Crippen molar-refractivity contribution in [2.75, 3.05) is 18.0 Å². The molecule has 1 heterocycles. The number of hydrogen-bond acceptors (Lipinski definition) is 4. The summed E-state index contributed by atoms with van der Waals surface area (Å²) in [7, 11) is 0. The molecule has 0 aliphatic rings. The van der Waals surface area contributed by atoms with Gasteiger partial charge in [0.05, 0.1) is 0 Å². The predicted molar refractivity (Wildman–Crippen MR) is 45.9 cm³/mol. The molecule has 0 fully saturated rings. The molecule has 1 aromatic heterocycles. The summed E-state index contributed by atoms with van der Waals surface area (Å²) in [6, 6.07) is 0. The molecule has 12 heavy (non-hydrogen) atoms. The lowest BCUT2D eigenvalue weighted by atomic mass is 10.3. The van der Waals surface area contributed by atoms with Crippen molar-refractivity contribution in [1.29, 1.82) is 0 Å². The highest BCUT2D eigenvalue weighted by Gasteiger charge is 2.07. The quantitative estimate of drug-likeness (QED) is 0.668. The second-order valence-corrected chi connectivity index (χ2v) is 2.62. The molecule has 4 heteroatoms. The highest BCUT2D eigenvalue weighted by Crippen LogP contribution is 2.10. The Morgan fingerprint density at radius 1 is 1.50 bits per heavy atom. The van der Waals surface area contributed by atoms with Gasteiger partial charge in [0.1, 0.15) is 0 Å². The molecule has 0 N–H and O–H groups in total. The van der Waals surface area contributed by atoms with Crippen molar-refractivity contribution in [3.05, 3.63) is 6.20 Å². The zero-order chi connectivity index (χ0) is 8.81. The first-order chi connectivity index (χ1) is 5.88. The fraction of sp³-hybridized carbons (Fsp3) is 0.750. The maximum Gasteiger partial charge on any atom is 0.258 e. The summed E-state index contributed by atoms with van der Waals surface area (Å²) < 4.78 is 4.89. The van der Waals surface area contributed by atoms with E-state index in [0.717, 1.165) is 19.5 Å². The summed E-state index contributed by atoms with van der Waals surface area (Å²) in [6.07, 6.45) is 5.03. The normalized spacial score (nSPS) is 10.2. The van der Waals surface area contributed by atoms with E-state index in [4.69, 9.17) is 4.52 Å². The molecule has 0 aromatic carbocycles. The van der Waals surface area contributed by atoms with Crippen molar-refractivity contribution in [3.8, 4) is 0 Å². The molecule has 0 saturated heterocycles. The Labute approximate surface area is 72.5 Å². The van der Waals surface area contributed by atoms with Crippen molar-refractivity contribution in [2.24, 2.45) is 0 Å². The van der Waals surface area contributed by atoms with Gasteiger partial charge in [0.2, 0.25) is 0 Å². The second-order valence-electron chi connectivity index (χ2n) is 2.62. The number of nitrogens with zero attached hydrogens (tertiary/aromatic N) is 3. The van der Waals surface area contributed by atoms with Gasteiger partial charge in [-0.1, -0.05) is 13.3 Å². The van der Waals surface area contributed by atoms with Gasteiger partial charge in [-0.25, -0.2) is 0 Å². The van der Waals surface area contributed by atoms with Crippen LogP contribution in [-0.4, -0.2) is 23.5 Å². The summed E-state index contributed by atoms with van der Waals surface area (Å²) >= 11 is 0. The minimum Gasteiger partial charge on any atom is -0.339 e. The van der Waals surface area contributed by atoms with Gasteiger partial charge in [0.15, 0.2) is 6.20 Å². The SMILES string of the molecule is CCCCN(CC)c1[c]nno1. The Kier molecular flexibility index (Phi) is 3.57. The standard InChI is InChI=1S/C8H14N3O/c1-3-5-6-11(4-2)8-7-9-10-12-8/h3-6H2,1-2H3.